The van der Waals surface area contributed by atoms with Crippen LogP contribution in [0.25, 0.3) is 0 Å². The van der Waals surface area contributed by atoms with E-state index in [1.807, 2.05) is 13.8 Å². The minimum Gasteiger partial charge on any atom is -0.444 e. The largest absolute Gasteiger partial charge is 0.444 e. The number of aliphatic imine (C=N–C) groups is 1. The lowest BCUT2D eigenvalue weighted by Crippen LogP contribution is -2.45. The van der Waals surface area contributed by atoms with Crippen molar-refractivity contribution in [3.8, 4) is 0 Å². The van der Waals surface area contributed by atoms with Crippen molar-refractivity contribution < 1.29 is 4.42 Å². The van der Waals surface area contributed by atoms with Gasteiger partial charge in [0.2, 0.25) is 5.89 Å². The molecule has 0 amide bonds. The van der Waals surface area contributed by atoms with Crippen LogP contribution in [0.1, 0.15) is 55.6 Å². The van der Waals surface area contributed by atoms with Gasteiger partial charge in [0.15, 0.2) is 5.96 Å². The first-order chi connectivity index (χ1) is 14.1. The Morgan fingerprint density at radius 1 is 1.20 bits per heavy atom. The van der Waals surface area contributed by atoms with E-state index >= 15 is 0 Å². The average Bonchev–Trinajstić information content (AvgIpc) is 3.05. The molecule has 166 valence electrons. The Labute approximate surface area is 198 Å². The summed E-state index contributed by atoms with van der Waals surface area (Å²) >= 11 is 0. The summed E-state index contributed by atoms with van der Waals surface area (Å²) in [5.41, 5.74) is 2.28. The van der Waals surface area contributed by atoms with Crippen LogP contribution >= 0.6 is 24.0 Å². The average molecular weight is 525 g/mol. The van der Waals surface area contributed by atoms with Crippen molar-refractivity contribution in [3.63, 3.8) is 0 Å². The van der Waals surface area contributed by atoms with E-state index in [0.29, 0.717) is 18.5 Å². The van der Waals surface area contributed by atoms with Crippen LogP contribution in [-0.4, -0.2) is 42.0 Å². The fourth-order valence-corrected chi connectivity index (χ4v) is 3.76. The smallest absolute Gasteiger partial charge is 0.216 e. The molecule has 30 heavy (non-hydrogen) atoms. The molecular weight excluding hydrogens is 489 g/mol. The second kappa shape index (κ2) is 12.3. The zero-order chi connectivity index (χ0) is 20.6. The van der Waals surface area contributed by atoms with Gasteiger partial charge in [0, 0.05) is 13.1 Å². The first-order valence-corrected chi connectivity index (χ1v) is 10.8. The van der Waals surface area contributed by atoms with E-state index in [0.717, 1.165) is 49.5 Å². The van der Waals surface area contributed by atoms with Crippen LogP contribution in [0.3, 0.4) is 0 Å². The Balaban J connectivity index is 0.00000320. The lowest BCUT2D eigenvalue weighted by atomic mass is 9.95. The molecule has 0 radical (unpaired) electrons. The Hall–Kier alpha value is -1.61. The van der Waals surface area contributed by atoms with Gasteiger partial charge >= 0.3 is 0 Å². The van der Waals surface area contributed by atoms with Gasteiger partial charge in [-0.25, -0.2) is 9.98 Å². The number of guanidine groups is 1. The predicted octanol–water partition coefficient (Wildman–Crippen LogP) is 4.44. The molecule has 1 aliphatic heterocycles. The van der Waals surface area contributed by atoms with Crippen LogP contribution in [0.15, 0.2) is 39.7 Å². The maximum Gasteiger partial charge on any atom is 0.216 e. The zero-order valence-electron chi connectivity index (χ0n) is 18.6. The van der Waals surface area contributed by atoms with E-state index in [4.69, 9.17) is 4.42 Å². The van der Waals surface area contributed by atoms with Crippen molar-refractivity contribution in [2.45, 2.75) is 53.1 Å². The van der Waals surface area contributed by atoms with Crippen LogP contribution in [0.4, 0.5) is 0 Å². The molecule has 1 aliphatic rings. The molecule has 1 atom stereocenters. The molecule has 1 aromatic heterocycles. The number of benzene rings is 1. The van der Waals surface area contributed by atoms with E-state index in [9.17, 15) is 0 Å². The highest BCUT2D eigenvalue weighted by Crippen LogP contribution is 2.26. The van der Waals surface area contributed by atoms with Gasteiger partial charge in [-0.1, -0.05) is 37.3 Å². The van der Waals surface area contributed by atoms with Crippen LogP contribution in [0.2, 0.25) is 0 Å². The standard InChI is InChI=1S/C23H35N5O.HI/c1-5-24-23(26-16-22-27-18(3)19(4)29-22)25-15-21(20-9-7-6-8-10-20)28-13-11-17(2)12-14-28;/h6-10,17,21H,5,11-16H2,1-4H3,(H2,24,25,26);1H. The lowest BCUT2D eigenvalue weighted by Gasteiger charge is -2.37. The number of rotatable bonds is 7. The quantitative estimate of drug-likeness (QED) is 0.318. The van der Waals surface area contributed by atoms with E-state index < -0.39 is 0 Å². The highest BCUT2D eigenvalue weighted by molar-refractivity contribution is 14.0. The fourth-order valence-electron chi connectivity index (χ4n) is 3.76. The molecule has 7 heteroatoms. The Kier molecular flexibility index (Phi) is 10.1. The minimum atomic E-state index is 0. The number of hydrogen-bond acceptors (Lipinski definition) is 4. The first-order valence-electron chi connectivity index (χ1n) is 10.8. The summed E-state index contributed by atoms with van der Waals surface area (Å²) in [6, 6.07) is 11.1. The van der Waals surface area contributed by atoms with Crippen LogP contribution in [-0.2, 0) is 6.54 Å². The summed E-state index contributed by atoms with van der Waals surface area (Å²) in [5.74, 6) is 3.13. The first kappa shape index (κ1) is 24.7. The Morgan fingerprint density at radius 2 is 1.90 bits per heavy atom. The highest BCUT2D eigenvalue weighted by Gasteiger charge is 2.24. The molecule has 0 aliphatic carbocycles. The number of nitrogens with zero attached hydrogens (tertiary/aromatic N) is 3. The van der Waals surface area contributed by atoms with Crippen LogP contribution in [0, 0.1) is 19.8 Å². The third kappa shape index (κ3) is 6.97. The summed E-state index contributed by atoms with van der Waals surface area (Å²) < 4.78 is 5.66. The molecule has 2 aromatic rings. The van der Waals surface area contributed by atoms with Crippen molar-refractivity contribution in [3.05, 3.63) is 53.2 Å². The molecule has 1 saturated heterocycles. The monoisotopic (exact) mass is 525 g/mol. The number of aryl methyl sites for hydroxylation is 2. The molecule has 2 heterocycles. The third-order valence-electron chi connectivity index (χ3n) is 5.70. The lowest BCUT2D eigenvalue weighted by molar-refractivity contribution is 0.138. The molecule has 3 rings (SSSR count). The number of aromatic nitrogens is 1. The van der Waals surface area contributed by atoms with Crippen LogP contribution in [0.5, 0.6) is 0 Å². The van der Waals surface area contributed by atoms with Gasteiger partial charge in [-0.15, -0.1) is 24.0 Å². The van der Waals surface area contributed by atoms with Gasteiger partial charge in [0.05, 0.1) is 11.7 Å². The number of piperidine rings is 1. The number of oxazole rings is 1. The normalized spacial score (nSPS) is 16.7. The van der Waals surface area contributed by atoms with E-state index in [2.05, 4.69) is 69.7 Å². The topological polar surface area (TPSA) is 65.7 Å². The second-order valence-corrected chi connectivity index (χ2v) is 7.97. The number of hydrogen-bond donors (Lipinski definition) is 2. The number of nitrogens with one attached hydrogen (secondary N) is 2. The second-order valence-electron chi connectivity index (χ2n) is 7.97. The van der Waals surface area contributed by atoms with Crippen LogP contribution < -0.4 is 10.6 Å². The minimum absolute atomic E-state index is 0. The van der Waals surface area contributed by atoms with Crippen molar-refractivity contribution >= 4 is 29.9 Å². The van der Waals surface area contributed by atoms with Crippen molar-refractivity contribution in [2.75, 3.05) is 26.2 Å². The highest BCUT2D eigenvalue weighted by atomic mass is 127. The van der Waals surface area contributed by atoms with E-state index in [1.54, 1.807) is 0 Å². The number of halogens is 1. The van der Waals surface area contributed by atoms with Gasteiger partial charge in [0.1, 0.15) is 12.3 Å². The maximum absolute atomic E-state index is 5.66. The van der Waals surface area contributed by atoms with E-state index in [1.165, 1.54) is 18.4 Å². The summed E-state index contributed by atoms with van der Waals surface area (Å²) in [5, 5.41) is 6.89. The summed E-state index contributed by atoms with van der Waals surface area (Å²) in [7, 11) is 0. The predicted molar refractivity (Wildman–Crippen MR) is 133 cm³/mol. The molecule has 0 spiro atoms. The molecule has 6 nitrogen and oxygen atoms in total. The summed E-state index contributed by atoms with van der Waals surface area (Å²) in [4.78, 5) is 11.7. The molecule has 1 aromatic carbocycles. The molecule has 1 unspecified atom stereocenters. The number of likely N-dealkylation sites (tertiary alicyclic amines) is 1. The van der Waals surface area contributed by atoms with Crippen molar-refractivity contribution in [1.29, 1.82) is 0 Å². The van der Waals surface area contributed by atoms with Crippen molar-refractivity contribution in [2.24, 2.45) is 10.9 Å². The summed E-state index contributed by atoms with van der Waals surface area (Å²) in [6.07, 6.45) is 2.53. The van der Waals surface area contributed by atoms with Crippen molar-refractivity contribution in [1.82, 2.24) is 20.5 Å². The molecule has 0 saturated carbocycles. The maximum atomic E-state index is 5.66. The third-order valence-corrected chi connectivity index (χ3v) is 5.70. The van der Waals surface area contributed by atoms with Gasteiger partial charge in [0.25, 0.3) is 0 Å². The molecule has 0 bridgehead atoms. The zero-order valence-corrected chi connectivity index (χ0v) is 21.0. The molecule has 2 N–H and O–H groups in total. The van der Waals surface area contributed by atoms with Gasteiger partial charge in [-0.3, -0.25) is 4.90 Å². The van der Waals surface area contributed by atoms with Gasteiger partial charge in [-0.05, 0) is 58.2 Å². The SMILES string of the molecule is CCNC(=NCc1nc(C)c(C)o1)NCC(c1ccccc1)N1CCC(C)CC1.I. The fraction of sp³-hybridized carbons (Fsp3) is 0.565. The van der Waals surface area contributed by atoms with Gasteiger partial charge < -0.3 is 15.1 Å². The Bertz CT molecular complexity index is 765. The molecular formula is C23H36IN5O. The van der Waals surface area contributed by atoms with E-state index in [-0.39, 0.29) is 24.0 Å². The summed E-state index contributed by atoms with van der Waals surface area (Å²) in [6.45, 7) is 12.7. The van der Waals surface area contributed by atoms with Gasteiger partial charge in [-0.2, -0.15) is 0 Å². The Morgan fingerprint density at radius 3 is 2.50 bits per heavy atom. The molecule has 1 fully saturated rings.